The van der Waals surface area contributed by atoms with Crippen LogP contribution >= 0.6 is 27.3 Å². The van der Waals surface area contributed by atoms with Crippen LogP contribution in [0.4, 0.5) is 0 Å². The van der Waals surface area contributed by atoms with Crippen LogP contribution in [0.1, 0.15) is 9.75 Å². The fraction of sp³-hybridized carbons (Fsp3) is 0.333. The summed E-state index contributed by atoms with van der Waals surface area (Å²) in [5.74, 6) is 0. The highest BCUT2D eigenvalue weighted by Crippen LogP contribution is 2.24. The molecule has 0 nitrogen and oxygen atoms in total. The van der Waals surface area contributed by atoms with Crippen LogP contribution in [0.3, 0.4) is 0 Å². The van der Waals surface area contributed by atoms with E-state index in [1.807, 2.05) is 0 Å². The van der Waals surface area contributed by atoms with Crippen molar-refractivity contribution in [3.05, 3.63) is 20.3 Å². The Hall–Kier alpha value is 0.180. The Kier molecular flexibility index (Phi) is 1.73. The van der Waals surface area contributed by atoms with E-state index in [0.29, 0.717) is 0 Å². The normalized spacial score (nSPS) is 9.88. The van der Waals surface area contributed by atoms with Gasteiger partial charge in [0, 0.05) is 20.3 Å². The van der Waals surface area contributed by atoms with E-state index in [4.69, 9.17) is 0 Å². The summed E-state index contributed by atoms with van der Waals surface area (Å²) in [4.78, 5) is 2.55. The maximum absolute atomic E-state index is 3.37. The monoisotopic (exact) mass is 189 g/mol. The molecule has 0 N–H and O–H groups in total. The molecule has 1 radical (unpaired) electrons. The summed E-state index contributed by atoms with van der Waals surface area (Å²) in [7, 11) is 0. The molecule has 0 saturated heterocycles. The van der Waals surface area contributed by atoms with Gasteiger partial charge in [-0.05, 0) is 29.8 Å². The molecule has 8 heavy (non-hydrogen) atoms. The summed E-state index contributed by atoms with van der Waals surface area (Å²) in [6, 6.07) is 3.14. The number of halogens is 1. The van der Waals surface area contributed by atoms with Gasteiger partial charge in [-0.2, -0.15) is 0 Å². The molecule has 1 rings (SSSR count). The van der Waals surface area contributed by atoms with Gasteiger partial charge in [-0.1, -0.05) is 0 Å². The van der Waals surface area contributed by atoms with Crippen LogP contribution in [-0.4, -0.2) is 0 Å². The molecule has 0 bridgehead atoms. The molecule has 0 fully saturated rings. The highest BCUT2D eigenvalue weighted by Gasteiger charge is 1.96. The summed E-state index contributed by atoms with van der Waals surface area (Å²) in [5.41, 5.74) is 0. The van der Waals surface area contributed by atoms with Gasteiger partial charge in [-0.3, -0.25) is 0 Å². The lowest BCUT2D eigenvalue weighted by Crippen LogP contribution is -1.54. The van der Waals surface area contributed by atoms with Crippen LogP contribution in [0.5, 0.6) is 0 Å². The summed E-state index contributed by atoms with van der Waals surface area (Å²) in [5, 5.41) is 0. The van der Waals surface area contributed by atoms with Gasteiger partial charge in [0.05, 0.1) is 0 Å². The largest absolute Gasteiger partial charge is 0.144 e. The third-order valence-corrected chi connectivity index (χ3v) is 2.88. The first-order valence-corrected chi connectivity index (χ1v) is 3.96. The van der Waals surface area contributed by atoms with Crippen molar-refractivity contribution in [2.75, 3.05) is 0 Å². The highest BCUT2D eigenvalue weighted by atomic mass is 79.9. The minimum absolute atomic E-state index is 1.11. The maximum atomic E-state index is 3.37. The molecule has 0 saturated carbocycles. The Morgan fingerprint density at radius 2 is 2.12 bits per heavy atom. The zero-order valence-corrected chi connectivity index (χ0v) is 7.19. The van der Waals surface area contributed by atoms with E-state index in [2.05, 4.69) is 35.8 Å². The standard InChI is InChI=1S/C6H6BrS/c1-4-3-6(7)5(2)8-4/h1-2H3. The molecular formula is C6H6BrS. The lowest BCUT2D eigenvalue weighted by atomic mass is 10.5. The second-order valence-electron chi connectivity index (χ2n) is 1.65. The van der Waals surface area contributed by atoms with E-state index in [0.717, 1.165) is 4.47 Å². The molecular weight excluding hydrogens is 184 g/mol. The minimum atomic E-state index is 1.11. The van der Waals surface area contributed by atoms with E-state index in [1.54, 1.807) is 11.3 Å². The second-order valence-corrected chi connectivity index (χ2v) is 3.88. The highest BCUT2D eigenvalue weighted by molar-refractivity contribution is 9.10. The molecule has 0 aliphatic rings. The maximum Gasteiger partial charge on any atom is 0.0393 e. The van der Waals surface area contributed by atoms with Crippen LogP contribution in [0, 0.1) is 19.9 Å². The smallest absolute Gasteiger partial charge is 0.0393 e. The molecule has 2 heteroatoms. The van der Waals surface area contributed by atoms with Gasteiger partial charge in [-0.25, -0.2) is 0 Å². The molecule has 1 heterocycles. The van der Waals surface area contributed by atoms with Crippen LogP contribution in [0.15, 0.2) is 4.47 Å². The first-order valence-electron chi connectivity index (χ1n) is 2.35. The zero-order valence-electron chi connectivity index (χ0n) is 4.79. The first kappa shape index (κ1) is 6.30. The molecule has 0 aromatic carbocycles. The molecule has 0 spiro atoms. The summed E-state index contributed by atoms with van der Waals surface area (Å²) < 4.78 is 1.11. The van der Waals surface area contributed by atoms with Crippen LogP contribution < -0.4 is 0 Å². The van der Waals surface area contributed by atoms with Crippen molar-refractivity contribution in [1.29, 1.82) is 0 Å². The van der Waals surface area contributed by atoms with Gasteiger partial charge in [0.2, 0.25) is 0 Å². The number of hydrogen-bond donors (Lipinski definition) is 0. The van der Waals surface area contributed by atoms with E-state index < -0.39 is 0 Å². The SMILES string of the molecule is Cc1[c]c(Br)c(C)s1. The summed E-state index contributed by atoms with van der Waals surface area (Å²) >= 11 is 5.14. The summed E-state index contributed by atoms with van der Waals surface area (Å²) in [6.07, 6.45) is 0. The average molecular weight is 190 g/mol. The van der Waals surface area contributed by atoms with E-state index in [1.165, 1.54) is 9.75 Å². The molecule has 0 atom stereocenters. The Morgan fingerprint density at radius 3 is 2.25 bits per heavy atom. The van der Waals surface area contributed by atoms with Crippen LogP contribution in [0.2, 0.25) is 0 Å². The van der Waals surface area contributed by atoms with Gasteiger partial charge in [-0.15, -0.1) is 11.3 Å². The average Bonchev–Trinajstić information content (AvgIpc) is 1.85. The third-order valence-electron chi connectivity index (χ3n) is 0.901. The second kappa shape index (κ2) is 2.19. The number of rotatable bonds is 0. The molecule has 0 aliphatic heterocycles. The van der Waals surface area contributed by atoms with Gasteiger partial charge in [0.25, 0.3) is 0 Å². The Morgan fingerprint density at radius 1 is 1.50 bits per heavy atom. The van der Waals surface area contributed by atoms with Gasteiger partial charge in [0.1, 0.15) is 0 Å². The zero-order chi connectivity index (χ0) is 6.15. The lowest BCUT2D eigenvalue weighted by molar-refractivity contribution is 1.55. The van der Waals surface area contributed by atoms with Crippen LogP contribution in [-0.2, 0) is 0 Å². The molecule has 0 unspecified atom stereocenters. The summed E-state index contributed by atoms with van der Waals surface area (Å²) in [6.45, 7) is 4.14. The topological polar surface area (TPSA) is 0 Å². The Balaban J connectivity index is 3.14. The van der Waals surface area contributed by atoms with E-state index >= 15 is 0 Å². The fourth-order valence-corrected chi connectivity index (χ4v) is 1.97. The molecule has 1 aromatic rings. The Bertz CT molecular complexity index is 171. The van der Waals surface area contributed by atoms with Crippen molar-refractivity contribution in [2.24, 2.45) is 0 Å². The van der Waals surface area contributed by atoms with Crippen molar-refractivity contribution >= 4 is 27.3 Å². The predicted octanol–water partition coefficient (Wildman–Crippen LogP) is 2.93. The van der Waals surface area contributed by atoms with Crippen molar-refractivity contribution in [1.82, 2.24) is 0 Å². The van der Waals surface area contributed by atoms with E-state index in [-0.39, 0.29) is 0 Å². The minimum Gasteiger partial charge on any atom is -0.144 e. The first-order chi connectivity index (χ1) is 3.70. The van der Waals surface area contributed by atoms with Gasteiger partial charge in [0.15, 0.2) is 0 Å². The Labute approximate surface area is 61.7 Å². The number of hydrogen-bond acceptors (Lipinski definition) is 1. The van der Waals surface area contributed by atoms with Gasteiger partial charge < -0.3 is 0 Å². The molecule has 0 aliphatic carbocycles. The van der Waals surface area contributed by atoms with Crippen molar-refractivity contribution in [3.8, 4) is 0 Å². The molecule has 0 amide bonds. The molecule has 1 aromatic heterocycles. The van der Waals surface area contributed by atoms with E-state index in [9.17, 15) is 0 Å². The lowest BCUT2D eigenvalue weighted by Gasteiger charge is -1.77. The van der Waals surface area contributed by atoms with Crippen molar-refractivity contribution in [2.45, 2.75) is 13.8 Å². The molecule has 43 valence electrons. The van der Waals surface area contributed by atoms with Crippen LogP contribution in [0.25, 0.3) is 0 Å². The van der Waals surface area contributed by atoms with Gasteiger partial charge >= 0.3 is 0 Å². The third kappa shape index (κ3) is 1.12. The van der Waals surface area contributed by atoms with Crippen molar-refractivity contribution < 1.29 is 0 Å². The number of aryl methyl sites for hydroxylation is 2. The predicted molar refractivity (Wildman–Crippen MR) is 40.3 cm³/mol. The quantitative estimate of drug-likeness (QED) is 0.590. The fourth-order valence-electron chi connectivity index (χ4n) is 0.543. The number of thiophene rings is 1. The van der Waals surface area contributed by atoms with Crippen molar-refractivity contribution in [3.63, 3.8) is 0 Å².